The molecule has 2 aromatic rings. The molecule has 0 atom stereocenters. The van der Waals surface area contributed by atoms with Gasteiger partial charge < -0.3 is 15.8 Å². The minimum absolute atomic E-state index is 0.0127. The summed E-state index contributed by atoms with van der Waals surface area (Å²) in [6.45, 7) is 2.59. The zero-order valence-electron chi connectivity index (χ0n) is 11.6. The quantitative estimate of drug-likeness (QED) is 0.366. The maximum Gasteiger partial charge on any atom is 0.290 e. The number of aryl methyl sites for hydroxylation is 1. The van der Waals surface area contributed by atoms with Gasteiger partial charge in [-0.15, -0.1) is 0 Å². The van der Waals surface area contributed by atoms with Crippen LogP contribution < -0.4 is 15.8 Å². The molecule has 0 saturated heterocycles. The molecule has 21 heavy (non-hydrogen) atoms. The molecule has 7 heteroatoms. The van der Waals surface area contributed by atoms with Gasteiger partial charge in [-0.2, -0.15) is 0 Å². The van der Waals surface area contributed by atoms with E-state index in [2.05, 4.69) is 10.3 Å². The average Bonchev–Trinajstić information content (AvgIpc) is 2.45. The number of pyridine rings is 1. The Kier molecular flexibility index (Phi) is 4.55. The summed E-state index contributed by atoms with van der Waals surface area (Å²) >= 11 is 0. The zero-order valence-corrected chi connectivity index (χ0v) is 11.6. The summed E-state index contributed by atoms with van der Waals surface area (Å²) in [6.07, 6.45) is 0. The Morgan fingerprint density at radius 1 is 1.29 bits per heavy atom. The van der Waals surface area contributed by atoms with Gasteiger partial charge in [0.25, 0.3) is 5.69 Å². The Hall–Kier alpha value is -2.83. The van der Waals surface area contributed by atoms with E-state index in [9.17, 15) is 10.1 Å². The van der Waals surface area contributed by atoms with Crippen molar-refractivity contribution in [3.63, 3.8) is 0 Å². The van der Waals surface area contributed by atoms with Gasteiger partial charge in [-0.3, -0.25) is 10.1 Å². The second-order valence-electron chi connectivity index (χ2n) is 4.40. The Morgan fingerprint density at radius 2 is 2.00 bits per heavy atom. The lowest BCUT2D eigenvalue weighted by molar-refractivity contribution is -0.385. The van der Waals surface area contributed by atoms with E-state index in [1.54, 1.807) is 37.3 Å². The number of anilines is 2. The highest BCUT2D eigenvalue weighted by Crippen LogP contribution is 2.17. The Morgan fingerprint density at radius 3 is 2.62 bits per heavy atom. The van der Waals surface area contributed by atoms with Crippen LogP contribution in [0.25, 0.3) is 0 Å². The first kappa shape index (κ1) is 14.6. The van der Waals surface area contributed by atoms with Crippen molar-refractivity contribution in [2.75, 3.05) is 24.2 Å². The topological polar surface area (TPSA) is 103 Å². The first-order valence-corrected chi connectivity index (χ1v) is 6.40. The van der Waals surface area contributed by atoms with Crippen molar-refractivity contribution in [1.82, 2.24) is 4.98 Å². The second kappa shape index (κ2) is 6.56. The van der Waals surface area contributed by atoms with Gasteiger partial charge in [0.05, 0.1) is 11.5 Å². The van der Waals surface area contributed by atoms with Crippen LogP contribution in [-0.4, -0.2) is 23.1 Å². The van der Waals surface area contributed by atoms with Gasteiger partial charge in [0.1, 0.15) is 23.9 Å². The van der Waals surface area contributed by atoms with Gasteiger partial charge in [-0.25, -0.2) is 4.98 Å². The van der Waals surface area contributed by atoms with Crippen molar-refractivity contribution in [3.8, 4) is 5.75 Å². The second-order valence-corrected chi connectivity index (χ2v) is 4.40. The monoisotopic (exact) mass is 288 g/mol. The molecule has 0 spiro atoms. The summed E-state index contributed by atoms with van der Waals surface area (Å²) in [5.74, 6) is 1.32. The van der Waals surface area contributed by atoms with Crippen LogP contribution in [0.1, 0.15) is 5.69 Å². The molecule has 0 bridgehead atoms. The molecule has 0 aliphatic rings. The van der Waals surface area contributed by atoms with Crippen LogP contribution in [0.4, 0.5) is 17.2 Å². The summed E-state index contributed by atoms with van der Waals surface area (Å²) in [5, 5.41) is 13.7. The molecular formula is C14H16N4O3. The van der Waals surface area contributed by atoms with Gasteiger partial charge in [0, 0.05) is 11.8 Å². The van der Waals surface area contributed by atoms with Crippen molar-refractivity contribution >= 4 is 17.2 Å². The number of aromatic nitrogens is 1. The number of nitro groups is 1. The van der Waals surface area contributed by atoms with Gasteiger partial charge >= 0.3 is 0 Å². The van der Waals surface area contributed by atoms with Gasteiger partial charge in [-0.1, -0.05) is 0 Å². The number of nitrogens with one attached hydrogen (secondary N) is 1. The molecule has 0 radical (unpaired) electrons. The molecule has 0 saturated carbocycles. The lowest BCUT2D eigenvalue weighted by atomic mass is 10.3. The summed E-state index contributed by atoms with van der Waals surface area (Å²) in [4.78, 5) is 14.4. The third kappa shape index (κ3) is 4.07. The minimum atomic E-state index is -0.448. The van der Waals surface area contributed by atoms with E-state index in [1.165, 1.54) is 6.07 Å². The highest BCUT2D eigenvalue weighted by atomic mass is 16.6. The van der Waals surface area contributed by atoms with Crippen LogP contribution in [0.2, 0.25) is 0 Å². The van der Waals surface area contributed by atoms with Crippen LogP contribution in [0.3, 0.4) is 0 Å². The number of rotatable bonds is 6. The number of nitrogens with two attached hydrogens (primary N) is 1. The molecule has 3 N–H and O–H groups in total. The lowest BCUT2D eigenvalue weighted by Crippen LogP contribution is -2.12. The number of nitrogen functional groups attached to an aromatic ring is 1. The molecule has 2 rings (SSSR count). The smallest absolute Gasteiger partial charge is 0.290 e. The molecule has 0 aliphatic carbocycles. The molecule has 7 nitrogen and oxygen atoms in total. The number of benzene rings is 1. The van der Waals surface area contributed by atoms with Crippen molar-refractivity contribution in [2.45, 2.75) is 6.92 Å². The van der Waals surface area contributed by atoms with Crippen LogP contribution in [0.15, 0.2) is 36.4 Å². The van der Waals surface area contributed by atoms with Gasteiger partial charge in [0.2, 0.25) is 0 Å². The number of hydrogen-bond donors (Lipinski definition) is 2. The molecule has 0 unspecified atom stereocenters. The van der Waals surface area contributed by atoms with E-state index in [0.717, 1.165) is 5.75 Å². The molecule has 0 amide bonds. The van der Waals surface area contributed by atoms with Gasteiger partial charge in [0.15, 0.2) is 0 Å². The number of hydrogen-bond acceptors (Lipinski definition) is 6. The van der Waals surface area contributed by atoms with Crippen LogP contribution in [0.5, 0.6) is 5.75 Å². The highest BCUT2D eigenvalue weighted by molar-refractivity contribution is 5.45. The maximum atomic E-state index is 10.7. The van der Waals surface area contributed by atoms with Crippen LogP contribution in [-0.2, 0) is 0 Å². The first-order chi connectivity index (χ1) is 10.1. The minimum Gasteiger partial charge on any atom is -0.492 e. The summed E-state index contributed by atoms with van der Waals surface area (Å²) in [7, 11) is 0. The predicted molar refractivity (Wildman–Crippen MR) is 80.5 cm³/mol. The third-order valence-electron chi connectivity index (χ3n) is 2.81. The molecular weight excluding hydrogens is 272 g/mol. The molecule has 0 aliphatic heterocycles. The number of ether oxygens (including phenoxy) is 1. The van der Waals surface area contributed by atoms with E-state index >= 15 is 0 Å². The average molecular weight is 288 g/mol. The number of nitrogens with zero attached hydrogens (tertiary/aromatic N) is 2. The standard InChI is InChI=1S/C14H16N4O3/c1-10-13(18(19)20)6-7-14(17-10)16-8-9-21-12-4-2-11(15)3-5-12/h2-7H,8-9,15H2,1H3,(H,16,17). The van der Waals surface area contributed by atoms with Crippen molar-refractivity contribution in [3.05, 3.63) is 52.2 Å². The predicted octanol–water partition coefficient (Wildman–Crippen LogP) is 2.37. The SMILES string of the molecule is Cc1nc(NCCOc2ccc(N)cc2)ccc1[N+](=O)[O-]. The largest absolute Gasteiger partial charge is 0.492 e. The van der Waals surface area contributed by atoms with Crippen molar-refractivity contribution in [2.24, 2.45) is 0 Å². The molecule has 110 valence electrons. The van der Waals surface area contributed by atoms with Crippen molar-refractivity contribution in [1.29, 1.82) is 0 Å². The van der Waals surface area contributed by atoms with E-state index in [1.807, 2.05) is 0 Å². The Bertz CT molecular complexity index is 629. The Balaban J connectivity index is 1.82. The maximum absolute atomic E-state index is 10.7. The summed E-state index contributed by atoms with van der Waals surface area (Å²) in [5.41, 5.74) is 6.66. The summed E-state index contributed by atoms with van der Waals surface area (Å²) in [6, 6.07) is 10.1. The molecule has 1 heterocycles. The van der Waals surface area contributed by atoms with E-state index in [-0.39, 0.29) is 5.69 Å². The highest BCUT2D eigenvalue weighted by Gasteiger charge is 2.11. The fraction of sp³-hybridized carbons (Fsp3) is 0.214. The molecule has 0 fully saturated rings. The fourth-order valence-corrected chi connectivity index (χ4v) is 1.76. The first-order valence-electron chi connectivity index (χ1n) is 6.40. The fourth-order valence-electron chi connectivity index (χ4n) is 1.76. The molecule has 1 aromatic carbocycles. The van der Waals surface area contributed by atoms with Crippen LogP contribution in [0, 0.1) is 17.0 Å². The lowest BCUT2D eigenvalue weighted by Gasteiger charge is -2.08. The Labute approximate surface area is 121 Å². The van der Waals surface area contributed by atoms with Crippen molar-refractivity contribution < 1.29 is 9.66 Å². The normalized spacial score (nSPS) is 10.1. The van der Waals surface area contributed by atoms with Gasteiger partial charge in [-0.05, 0) is 37.3 Å². The van der Waals surface area contributed by atoms with E-state index < -0.39 is 4.92 Å². The summed E-state index contributed by atoms with van der Waals surface area (Å²) < 4.78 is 5.52. The van der Waals surface area contributed by atoms with Crippen LogP contribution >= 0.6 is 0 Å². The molecule has 1 aromatic heterocycles. The van der Waals surface area contributed by atoms with E-state index in [0.29, 0.717) is 30.4 Å². The third-order valence-corrected chi connectivity index (χ3v) is 2.81. The zero-order chi connectivity index (χ0) is 15.2. The van der Waals surface area contributed by atoms with E-state index in [4.69, 9.17) is 10.5 Å².